The molecule has 1 aromatic heterocycles. The van der Waals surface area contributed by atoms with Crippen molar-refractivity contribution in [3.63, 3.8) is 0 Å². The average Bonchev–Trinajstić information content (AvgIpc) is 3.23. The zero-order chi connectivity index (χ0) is 14.0. The maximum absolute atomic E-state index is 6.01. The molecular weight excluding hydrogens is 272 g/mol. The number of benzene rings is 1. The van der Waals surface area contributed by atoms with Gasteiger partial charge in [0.05, 0.1) is 5.52 Å². The van der Waals surface area contributed by atoms with Crippen molar-refractivity contribution in [1.82, 2.24) is 4.98 Å². The van der Waals surface area contributed by atoms with Crippen LogP contribution in [0.5, 0.6) is 0 Å². The highest BCUT2D eigenvalue weighted by atomic mass is 35.5. The molecule has 4 heteroatoms. The van der Waals surface area contributed by atoms with Gasteiger partial charge in [0.2, 0.25) is 0 Å². The first-order valence-electron chi connectivity index (χ1n) is 7.00. The van der Waals surface area contributed by atoms with Crippen molar-refractivity contribution in [2.24, 2.45) is 5.41 Å². The van der Waals surface area contributed by atoms with E-state index in [2.05, 4.69) is 10.3 Å². The number of ether oxygens (including phenoxy) is 1. The van der Waals surface area contributed by atoms with E-state index in [1.54, 1.807) is 7.11 Å². The van der Waals surface area contributed by atoms with E-state index in [0.29, 0.717) is 5.41 Å². The normalized spacial score (nSPS) is 16.3. The Bertz CT molecular complexity index is 610. The van der Waals surface area contributed by atoms with Crippen LogP contribution in [0.2, 0.25) is 5.02 Å². The first-order chi connectivity index (χ1) is 9.72. The number of fused-ring (bicyclic) bond motifs is 1. The van der Waals surface area contributed by atoms with Gasteiger partial charge in [0.1, 0.15) is 0 Å². The molecule has 0 amide bonds. The predicted molar refractivity (Wildman–Crippen MR) is 83.4 cm³/mol. The van der Waals surface area contributed by atoms with Gasteiger partial charge in [0.15, 0.2) is 0 Å². The van der Waals surface area contributed by atoms with E-state index in [1.807, 2.05) is 30.5 Å². The summed E-state index contributed by atoms with van der Waals surface area (Å²) in [6, 6.07) is 7.87. The van der Waals surface area contributed by atoms with E-state index >= 15 is 0 Å². The monoisotopic (exact) mass is 290 g/mol. The first kappa shape index (κ1) is 13.7. The molecule has 20 heavy (non-hydrogen) atoms. The van der Waals surface area contributed by atoms with Crippen LogP contribution in [0.3, 0.4) is 0 Å². The van der Waals surface area contributed by atoms with Crippen molar-refractivity contribution in [2.75, 3.05) is 25.6 Å². The molecule has 0 unspecified atom stereocenters. The van der Waals surface area contributed by atoms with Crippen LogP contribution < -0.4 is 5.32 Å². The van der Waals surface area contributed by atoms with Gasteiger partial charge in [-0.1, -0.05) is 11.6 Å². The van der Waals surface area contributed by atoms with Crippen LogP contribution in [-0.4, -0.2) is 25.2 Å². The number of nitrogens with zero attached hydrogens (tertiary/aromatic N) is 1. The lowest BCUT2D eigenvalue weighted by Gasteiger charge is -2.17. The Morgan fingerprint density at radius 2 is 2.20 bits per heavy atom. The second kappa shape index (κ2) is 5.58. The molecule has 0 atom stereocenters. The Kier molecular flexibility index (Phi) is 3.81. The standard InChI is InChI=1S/C16H19ClN2O/c1-20-9-7-16(5-6-16)11-19-14-4-8-18-15-10-12(17)2-3-13(14)15/h2-4,8,10H,5-7,9,11H2,1H3,(H,18,19). The van der Waals surface area contributed by atoms with E-state index in [-0.39, 0.29) is 0 Å². The lowest BCUT2D eigenvalue weighted by atomic mass is 10.0. The molecule has 1 heterocycles. The highest BCUT2D eigenvalue weighted by Crippen LogP contribution is 2.48. The third kappa shape index (κ3) is 2.89. The topological polar surface area (TPSA) is 34.1 Å². The van der Waals surface area contributed by atoms with Crippen molar-refractivity contribution >= 4 is 28.2 Å². The second-order valence-corrected chi connectivity index (χ2v) is 6.05. The van der Waals surface area contributed by atoms with Gasteiger partial charge >= 0.3 is 0 Å². The lowest BCUT2D eigenvalue weighted by molar-refractivity contribution is 0.175. The summed E-state index contributed by atoms with van der Waals surface area (Å²) in [5, 5.41) is 5.43. The molecule has 3 nitrogen and oxygen atoms in total. The summed E-state index contributed by atoms with van der Waals surface area (Å²) >= 11 is 6.01. The van der Waals surface area contributed by atoms with Crippen molar-refractivity contribution < 1.29 is 4.74 Å². The van der Waals surface area contributed by atoms with Crippen LogP contribution in [0.1, 0.15) is 19.3 Å². The Hall–Kier alpha value is -1.32. The number of hydrogen-bond acceptors (Lipinski definition) is 3. The average molecular weight is 291 g/mol. The number of nitrogens with one attached hydrogen (secondary N) is 1. The van der Waals surface area contributed by atoms with Crippen LogP contribution >= 0.6 is 11.6 Å². The number of pyridine rings is 1. The molecule has 2 aromatic rings. The summed E-state index contributed by atoms with van der Waals surface area (Å²) in [5.41, 5.74) is 2.50. The van der Waals surface area contributed by atoms with Gasteiger partial charge in [0, 0.05) is 42.6 Å². The number of methoxy groups -OCH3 is 1. The van der Waals surface area contributed by atoms with E-state index < -0.39 is 0 Å². The molecule has 1 N–H and O–H groups in total. The molecule has 0 aliphatic heterocycles. The van der Waals surface area contributed by atoms with Crippen LogP contribution in [0.25, 0.3) is 10.9 Å². The van der Waals surface area contributed by atoms with Crippen LogP contribution in [0.15, 0.2) is 30.5 Å². The predicted octanol–water partition coefficient (Wildman–Crippen LogP) is 4.12. The summed E-state index contributed by atoms with van der Waals surface area (Å²) in [4.78, 5) is 4.37. The zero-order valence-electron chi connectivity index (χ0n) is 11.7. The Balaban J connectivity index is 1.75. The maximum atomic E-state index is 6.01. The molecule has 1 aliphatic rings. The quantitative estimate of drug-likeness (QED) is 0.869. The van der Waals surface area contributed by atoms with Crippen molar-refractivity contribution in [3.8, 4) is 0 Å². The molecule has 0 bridgehead atoms. The molecule has 106 valence electrons. The summed E-state index contributed by atoms with van der Waals surface area (Å²) in [6.45, 7) is 1.84. The van der Waals surface area contributed by atoms with Crippen molar-refractivity contribution in [1.29, 1.82) is 0 Å². The number of rotatable bonds is 6. The van der Waals surface area contributed by atoms with Crippen LogP contribution in [0.4, 0.5) is 5.69 Å². The fourth-order valence-electron chi connectivity index (χ4n) is 2.57. The van der Waals surface area contributed by atoms with E-state index in [1.165, 1.54) is 12.8 Å². The van der Waals surface area contributed by atoms with Gasteiger partial charge in [-0.15, -0.1) is 0 Å². The molecule has 1 fully saturated rings. The van der Waals surface area contributed by atoms with Gasteiger partial charge in [-0.3, -0.25) is 4.98 Å². The zero-order valence-corrected chi connectivity index (χ0v) is 12.4. The van der Waals surface area contributed by atoms with E-state index in [0.717, 1.165) is 41.2 Å². The third-order valence-electron chi connectivity index (χ3n) is 4.15. The Morgan fingerprint density at radius 3 is 2.95 bits per heavy atom. The van der Waals surface area contributed by atoms with Gasteiger partial charge in [0.25, 0.3) is 0 Å². The molecular formula is C16H19ClN2O. The minimum absolute atomic E-state index is 0.429. The molecule has 3 rings (SSSR count). The molecule has 1 saturated carbocycles. The Labute approximate surface area is 124 Å². The van der Waals surface area contributed by atoms with Gasteiger partial charge in [-0.05, 0) is 48.9 Å². The van der Waals surface area contributed by atoms with Gasteiger partial charge < -0.3 is 10.1 Å². The number of halogens is 1. The van der Waals surface area contributed by atoms with Crippen molar-refractivity contribution in [2.45, 2.75) is 19.3 Å². The first-order valence-corrected chi connectivity index (χ1v) is 7.37. The van der Waals surface area contributed by atoms with E-state index in [4.69, 9.17) is 16.3 Å². The van der Waals surface area contributed by atoms with E-state index in [9.17, 15) is 0 Å². The molecule has 0 spiro atoms. The summed E-state index contributed by atoms with van der Waals surface area (Å²) in [5.74, 6) is 0. The Morgan fingerprint density at radius 1 is 1.35 bits per heavy atom. The lowest BCUT2D eigenvalue weighted by Crippen LogP contribution is -2.17. The highest BCUT2D eigenvalue weighted by molar-refractivity contribution is 6.31. The van der Waals surface area contributed by atoms with Crippen LogP contribution in [-0.2, 0) is 4.74 Å². The minimum Gasteiger partial charge on any atom is -0.385 e. The fraction of sp³-hybridized carbons (Fsp3) is 0.438. The number of aromatic nitrogens is 1. The number of hydrogen-bond donors (Lipinski definition) is 1. The fourth-order valence-corrected chi connectivity index (χ4v) is 2.73. The smallest absolute Gasteiger partial charge is 0.0737 e. The second-order valence-electron chi connectivity index (χ2n) is 5.62. The molecule has 1 aromatic carbocycles. The van der Waals surface area contributed by atoms with Gasteiger partial charge in [-0.2, -0.15) is 0 Å². The summed E-state index contributed by atoms with van der Waals surface area (Å²) in [7, 11) is 1.77. The number of anilines is 1. The summed E-state index contributed by atoms with van der Waals surface area (Å²) < 4.78 is 5.20. The molecule has 0 radical (unpaired) electrons. The maximum Gasteiger partial charge on any atom is 0.0737 e. The molecule has 0 saturated heterocycles. The SMILES string of the molecule is COCCC1(CNc2ccnc3cc(Cl)ccc23)CC1. The third-order valence-corrected chi connectivity index (χ3v) is 4.39. The van der Waals surface area contributed by atoms with Gasteiger partial charge in [-0.25, -0.2) is 0 Å². The largest absolute Gasteiger partial charge is 0.385 e. The summed E-state index contributed by atoms with van der Waals surface area (Å²) in [6.07, 6.45) is 5.54. The van der Waals surface area contributed by atoms with Crippen molar-refractivity contribution in [3.05, 3.63) is 35.5 Å². The molecule has 1 aliphatic carbocycles. The highest BCUT2D eigenvalue weighted by Gasteiger charge is 2.41. The minimum atomic E-state index is 0.429. The van der Waals surface area contributed by atoms with Crippen LogP contribution in [0, 0.1) is 5.41 Å².